The van der Waals surface area contributed by atoms with Gasteiger partial charge in [0.2, 0.25) is 0 Å². The van der Waals surface area contributed by atoms with Crippen LogP contribution in [0.15, 0.2) is 0 Å². The molecule has 0 aliphatic carbocycles. The van der Waals surface area contributed by atoms with E-state index in [1.807, 2.05) is 0 Å². The predicted octanol–water partition coefficient (Wildman–Crippen LogP) is -1.27. The molecule has 0 rings (SSSR count). The minimum Gasteiger partial charge on any atom is -1.00 e. The number of carboxylic acid groups (broad SMARTS) is 2. The van der Waals surface area contributed by atoms with E-state index in [-0.39, 0.29) is 115 Å². The molecule has 0 fully saturated rings. The van der Waals surface area contributed by atoms with Crippen LogP contribution < -0.4 is 0 Å². The minimum atomic E-state index is -1.83. The molecule has 0 atom stereocenters. The quantitative estimate of drug-likeness (QED) is 0.494. The minimum absolute atomic E-state index is 0. The third-order valence-electron chi connectivity index (χ3n) is 0. The van der Waals surface area contributed by atoms with Crippen LogP contribution >= 0.6 is 0 Å². The predicted molar refractivity (Wildman–Crippen MR) is 36.5 cm³/mol. The molecule has 2 N–H and O–H groups in total. The summed E-state index contributed by atoms with van der Waals surface area (Å²) in [4.78, 5) is 8.56. The molecule has 0 unspecified atom stereocenters. The Morgan fingerprint density at radius 1 is 1.43 bits per heavy atom. The molecule has 0 aliphatic heterocycles. The van der Waals surface area contributed by atoms with E-state index < -0.39 is 6.16 Å². The first kappa shape index (κ1) is 22.5. The van der Waals surface area contributed by atoms with Gasteiger partial charge in [-0.05, 0) is 0 Å². The van der Waals surface area contributed by atoms with Crippen molar-refractivity contribution in [2.75, 3.05) is 0 Å². The van der Waals surface area contributed by atoms with E-state index in [2.05, 4.69) is 0 Å². The molecule has 0 aromatic carbocycles. The summed E-state index contributed by atoms with van der Waals surface area (Å²) in [7, 11) is 0. The van der Waals surface area contributed by atoms with Crippen LogP contribution in [0.5, 0.6) is 0 Å². The summed E-state index contributed by atoms with van der Waals surface area (Å²) < 4.78 is 0. The van der Waals surface area contributed by atoms with Crippen LogP contribution in [0.1, 0.15) is 5.71 Å². The molecular weight excluding hydrogens is 397 g/mol. The van der Waals surface area contributed by atoms with E-state index in [4.69, 9.17) is 15.0 Å². The molecule has 0 aromatic heterocycles. The van der Waals surface area contributed by atoms with Gasteiger partial charge in [-0.25, -0.2) is 4.79 Å². The van der Waals surface area contributed by atoms with Crippen LogP contribution in [0.25, 0.3) is 0 Å². The van der Waals surface area contributed by atoms with Crippen molar-refractivity contribution in [1.29, 1.82) is 0 Å². The number of carbonyl (C=O) groups is 1. The van der Waals surface area contributed by atoms with Crippen LogP contribution in [0.2, 0.25) is 0 Å². The van der Waals surface area contributed by atoms with Crippen LogP contribution in [0.3, 0.4) is 0 Å². The van der Waals surface area contributed by atoms with Gasteiger partial charge in [-0.15, -0.1) is 0 Å². The van der Waals surface area contributed by atoms with Crippen molar-refractivity contribution in [2.24, 2.45) is 0 Å². The first-order valence-electron chi connectivity index (χ1n) is 0.651. The van der Waals surface area contributed by atoms with Gasteiger partial charge < -0.3 is 15.9 Å². The fourth-order valence-corrected chi connectivity index (χ4v) is 0. The molecule has 0 heterocycles. The van der Waals surface area contributed by atoms with Crippen molar-refractivity contribution in [1.82, 2.24) is 0 Å². The van der Waals surface area contributed by atoms with E-state index >= 15 is 0 Å². The van der Waals surface area contributed by atoms with Gasteiger partial charge in [0, 0.05) is 0 Å². The molecule has 0 aliphatic rings. The van der Waals surface area contributed by atoms with Crippen molar-refractivity contribution in [3.05, 3.63) is 0 Å². The van der Waals surface area contributed by atoms with Crippen LogP contribution in [0.4, 0.5) is 4.79 Å². The van der Waals surface area contributed by atoms with Gasteiger partial charge in [-0.1, -0.05) is 0 Å². The Labute approximate surface area is 133 Å². The van der Waals surface area contributed by atoms with E-state index in [9.17, 15) is 0 Å². The Morgan fingerprint density at radius 3 is 1.43 bits per heavy atom. The molecule has 0 bridgehead atoms. The van der Waals surface area contributed by atoms with E-state index in [0.717, 1.165) is 0 Å². The first-order chi connectivity index (χ1) is 1.73. The molecule has 7 heavy (non-hydrogen) atoms. The van der Waals surface area contributed by atoms with E-state index in [1.54, 1.807) is 0 Å². The largest absolute Gasteiger partial charge is 2.00 e. The third kappa shape index (κ3) is 50.5. The summed E-state index contributed by atoms with van der Waals surface area (Å²) in [5.41, 5.74) is 0. The van der Waals surface area contributed by atoms with Crippen LogP contribution in [-0.2, 0) is 0 Å². The second-order valence-electron chi connectivity index (χ2n) is 0.283. The summed E-state index contributed by atoms with van der Waals surface area (Å²) >= 11 is 0. The average molecular weight is 406 g/mol. The molecule has 0 spiro atoms. The normalized spacial score (nSPS) is 3.43. The maximum absolute atomic E-state index is 8.56. The zero-order chi connectivity index (χ0) is 3.58. The summed E-state index contributed by atoms with van der Waals surface area (Å²) in [5, 5.41) is 13.9. The second kappa shape index (κ2) is 16.0. The van der Waals surface area contributed by atoms with Gasteiger partial charge in [0.25, 0.3) is 0 Å². The Kier molecular flexibility index (Phi) is 51.3. The zero-order valence-electron chi connectivity index (χ0n) is 7.92. The Morgan fingerprint density at radius 2 is 1.43 bits per heavy atom. The molecule has 6 heteroatoms. The van der Waals surface area contributed by atoms with Gasteiger partial charge in [0.15, 0.2) is 0 Å². The monoisotopic (exact) mass is 406 g/mol. The number of hydrogen-bond acceptors (Lipinski definition) is 1. The Hall–Kier alpha value is 2.89. The molecule has 0 saturated carbocycles. The van der Waals surface area contributed by atoms with Crippen LogP contribution in [0, 0.1) is 0 Å². The van der Waals surface area contributed by atoms with Gasteiger partial charge in [0.05, 0.1) is 0 Å². The van der Waals surface area contributed by atoms with Crippen molar-refractivity contribution >= 4 is 116 Å². The first-order valence-corrected chi connectivity index (χ1v) is 0.651. The number of rotatable bonds is 0. The molecule has 40 valence electrons. The van der Waals surface area contributed by atoms with Crippen molar-refractivity contribution in [2.45, 2.75) is 0 Å². The maximum atomic E-state index is 8.56. The molecular formula is CH9BiCaO3Sr. The summed E-state index contributed by atoms with van der Waals surface area (Å²) in [6, 6.07) is 0. The molecule has 0 amide bonds. The van der Waals surface area contributed by atoms with Crippen LogP contribution in [-0.4, -0.2) is 126 Å². The van der Waals surface area contributed by atoms with E-state index in [1.165, 1.54) is 0 Å². The Balaban J connectivity index is -0.00000000214. The summed E-state index contributed by atoms with van der Waals surface area (Å²) in [6.07, 6.45) is -1.83. The van der Waals surface area contributed by atoms with Crippen molar-refractivity contribution < 1.29 is 20.7 Å². The standard InChI is InChI=1S/CH2O3.Bi.Ca.Sr.7H/c2-1(3)4;;;;;;;;;;/h(H2,2,3,4);;;;;;;;;;/q;;2*+2;;;;4*-1. The van der Waals surface area contributed by atoms with Crippen molar-refractivity contribution in [3.63, 3.8) is 0 Å². The molecule has 3 nitrogen and oxygen atoms in total. The zero-order valence-corrected chi connectivity index (χ0v) is 15.1. The van der Waals surface area contributed by atoms with Gasteiger partial charge in [-0.2, -0.15) is 0 Å². The SMILES string of the molecule is O=C(O)O.[BiH3].[Ca+2].[H-].[H-].[H-].[H-].[Sr+2]. The fourth-order valence-electron chi connectivity index (χ4n) is 0. The maximum Gasteiger partial charge on any atom is 2.00 e. The van der Waals surface area contributed by atoms with E-state index in [0.29, 0.717) is 0 Å². The molecule has 0 radical (unpaired) electrons. The number of hydrogen-bond donors (Lipinski definition) is 2. The van der Waals surface area contributed by atoms with Gasteiger partial charge >= 0.3 is 116 Å². The third-order valence-corrected chi connectivity index (χ3v) is 0. The molecule has 0 saturated heterocycles. The van der Waals surface area contributed by atoms with Gasteiger partial charge in [0.1, 0.15) is 0 Å². The molecule has 0 aromatic rings. The summed E-state index contributed by atoms with van der Waals surface area (Å²) in [6.45, 7) is 0. The van der Waals surface area contributed by atoms with Crippen molar-refractivity contribution in [3.8, 4) is 0 Å². The Bertz CT molecular complexity index is 48.3. The summed E-state index contributed by atoms with van der Waals surface area (Å²) in [5.74, 6) is 0. The second-order valence-corrected chi connectivity index (χ2v) is 0.283. The smallest absolute Gasteiger partial charge is 1.00 e. The average Bonchev–Trinajstić information content (AvgIpc) is 0.811. The van der Waals surface area contributed by atoms with Gasteiger partial charge in [-0.3, -0.25) is 0 Å². The fraction of sp³-hybridized carbons (Fsp3) is 0. The topological polar surface area (TPSA) is 57.5 Å².